The Morgan fingerprint density at radius 1 is 1.29 bits per heavy atom. The number of hydrogen-bond acceptors (Lipinski definition) is 4. The predicted molar refractivity (Wildman–Crippen MR) is 70.9 cm³/mol. The minimum Gasteiger partial charge on any atom is -0.374 e. The summed E-state index contributed by atoms with van der Waals surface area (Å²) in [6, 6.07) is 3.70. The maximum atomic E-state index is 11.9. The Balaban J connectivity index is 2.45. The van der Waals surface area contributed by atoms with Crippen LogP contribution in [0.15, 0.2) is 12.1 Å². The van der Waals surface area contributed by atoms with Crippen molar-refractivity contribution in [1.82, 2.24) is 10.6 Å². The number of methoxy groups -OCH3 is 1. The maximum Gasteiger partial charge on any atom is 0.405 e. The van der Waals surface area contributed by atoms with Gasteiger partial charge in [-0.2, -0.15) is 13.2 Å². The smallest absolute Gasteiger partial charge is 0.374 e. The van der Waals surface area contributed by atoms with Gasteiger partial charge in [-0.3, -0.25) is 9.59 Å². The van der Waals surface area contributed by atoms with E-state index < -0.39 is 30.6 Å². The molecule has 5 nitrogen and oxygen atoms in total. The van der Waals surface area contributed by atoms with Crippen molar-refractivity contribution in [3.05, 3.63) is 21.9 Å². The number of carbonyl (C=O) groups is 2. The van der Waals surface area contributed by atoms with Gasteiger partial charge in [0.05, 0.1) is 0 Å². The SMILES string of the molecule is COC(CNC(=O)C(=O)NCC(F)(F)F)c1ccc(C)s1. The van der Waals surface area contributed by atoms with Crippen LogP contribution in [0.3, 0.4) is 0 Å². The Hall–Kier alpha value is -1.61. The molecule has 2 amide bonds. The number of rotatable bonds is 5. The van der Waals surface area contributed by atoms with Crippen LogP contribution >= 0.6 is 11.3 Å². The first-order valence-electron chi connectivity index (χ1n) is 5.95. The Morgan fingerprint density at radius 2 is 1.90 bits per heavy atom. The number of carbonyl (C=O) groups excluding carboxylic acids is 2. The Morgan fingerprint density at radius 3 is 2.38 bits per heavy atom. The highest BCUT2D eigenvalue weighted by atomic mass is 32.1. The molecule has 2 N–H and O–H groups in total. The van der Waals surface area contributed by atoms with Gasteiger partial charge in [0.1, 0.15) is 12.6 Å². The highest BCUT2D eigenvalue weighted by Crippen LogP contribution is 2.24. The summed E-state index contributed by atoms with van der Waals surface area (Å²) in [6.07, 6.45) is -5.01. The summed E-state index contributed by atoms with van der Waals surface area (Å²) in [5.41, 5.74) is 0. The van der Waals surface area contributed by atoms with Crippen molar-refractivity contribution in [2.45, 2.75) is 19.2 Å². The molecule has 1 aromatic heterocycles. The van der Waals surface area contributed by atoms with E-state index in [1.54, 1.807) is 0 Å². The number of nitrogens with one attached hydrogen (secondary N) is 2. The number of aryl methyl sites for hydroxylation is 1. The van der Waals surface area contributed by atoms with Crippen LogP contribution in [0.1, 0.15) is 15.9 Å². The third kappa shape index (κ3) is 6.13. The van der Waals surface area contributed by atoms with Gasteiger partial charge in [-0.1, -0.05) is 0 Å². The summed E-state index contributed by atoms with van der Waals surface area (Å²) in [6.45, 7) is 0.357. The first-order chi connectivity index (χ1) is 9.73. The van der Waals surface area contributed by atoms with Crippen LogP contribution in [0.25, 0.3) is 0 Å². The first-order valence-corrected chi connectivity index (χ1v) is 6.76. The van der Waals surface area contributed by atoms with E-state index in [1.807, 2.05) is 19.1 Å². The van der Waals surface area contributed by atoms with Crippen molar-refractivity contribution in [3.8, 4) is 0 Å². The quantitative estimate of drug-likeness (QED) is 0.808. The van der Waals surface area contributed by atoms with E-state index in [-0.39, 0.29) is 6.54 Å². The largest absolute Gasteiger partial charge is 0.405 e. The van der Waals surface area contributed by atoms with Gasteiger partial charge in [0.25, 0.3) is 0 Å². The predicted octanol–water partition coefficient (Wildman–Crippen LogP) is 1.54. The zero-order valence-corrected chi connectivity index (χ0v) is 12.2. The lowest BCUT2D eigenvalue weighted by atomic mass is 10.3. The maximum absolute atomic E-state index is 11.9. The van der Waals surface area contributed by atoms with Crippen LogP contribution in [0.4, 0.5) is 13.2 Å². The van der Waals surface area contributed by atoms with E-state index in [4.69, 9.17) is 4.74 Å². The van der Waals surface area contributed by atoms with Gasteiger partial charge in [-0.15, -0.1) is 11.3 Å². The lowest BCUT2D eigenvalue weighted by molar-refractivity contribution is -0.146. The van der Waals surface area contributed by atoms with Gasteiger partial charge < -0.3 is 15.4 Å². The second-order valence-corrected chi connectivity index (χ2v) is 5.50. The number of amides is 2. The van der Waals surface area contributed by atoms with Crippen LogP contribution in [0, 0.1) is 6.92 Å². The van der Waals surface area contributed by atoms with Crippen LogP contribution in [0.2, 0.25) is 0 Å². The zero-order chi connectivity index (χ0) is 16.0. The van der Waals surface area contributed by atoms with Gasteiger partial charge >= 0.3 is 18.0 Å². The molecular formula is C12H15F3N2O3S. The Bertz CT molecular complexity index is 502. The Kier molecular flexibility index (Phi) is 6.16. The molecule has 0 aliphatic heterocycles. The van der Waals surface area contributed by atoms with E-state index in [9.17, 15) is 22.8 Å². The number of thiophene rings is 1. The van der Waals surface area contributed by atoms with E-state index in [1.165, 1.54) is 23.8 Å². The van der Waals surface area contributed by atoms with Gasteiger partial charge in [0.2, 0.25) is 0 Å². The fourth-order valence-corrected chi connectivity index (χ4v) is 2.41. The molecule has 0 saturated carbocycles. The summed E-state index contributed by atoms with van der Waals surface area (Å²) in [5, 5.41) is 3.73. The first kappa shape index (κ1) is 17.4. The average molecular weight is 324 g/mol. The number of hydrogen-bond donors (Lipinski definition) is 2. The van der Waals surface area contributed by atoms with Gasteiger partial charge in [0.15, 0.2) is 0 Å². The molecule has 0 spiro atoms. The van der Waals surface area contributed by atoms with E-state index >= 15 is 0 Å². The topological polar surface area (TPSA) is 67.4 Å². The molecule has 0 saturated heterocycles. The summed E-state index contributed by atoms with van der Waals surface area (Å²) in [7, 11) is 1.44. The lowest BCUT2D eigenvalue weighted by Crippen LogP contribution is -2.44. The standard InChI is InChI=1S/C12H15F3N2O3S/c1-7-3-4-9(21-7)8(20-2)5-16-10(18)11(19)17-6-12(13,14)15/h3-4,8H,5-6H2,1-2H3,(H,16,18)(H,17,19). The molecule has 0 aliphatic carbocycles. The van der Waals surface area contributed by atoms with Crippen molar-refractivity contribution < 1.29 is 27.5 Å². The lowest BCUT2D eigenvalue weighted by Gasteiger charge is -2.14. The van der Waals surface area contributed by atoms with Crippen molar-refractivity contribution >= 4 is 23.2 Å². The fourth-order valence-electron chi connectivity index (χ4n) is 1.45. The molecule has 1 aromatic rings. The molecule has 118 valence electrons. The summed E-state index contributed by atoms with van der Waals surface area (Å²) < 4.78 is 40.9. The summed E-state index contributed by atoms with van der Waals surface area (Å²) in [5.74, 6) is -2.46. The molecule has 1 atom stereocenters. The third-order valence-corrected chi connectivity index (χ3v) is 3.56. The van der Waals surface area contributed by atoms with Gasteiger partial charge in [-0.05, 0) is 19.1 Å². The van der Waals surface area contributed by atoms with E-state index in [0.717, 1.165) is 9.75 Å². The van der Waals surface area contributed by atoms with Crippen molar-refractivity contribution in [2.75, 3.05) is 20.2 Å². The second kappa shape index (κ2) is 7.41. The Labute approximate surface area is 123 Å². The fraction of sp³-hybridized carbons (Fsp3) is 0.500. The van der Waals surface area contributed by atoms with Gasteiger partial charge in [0, 0.05) is 23.4 Å². The van der Waals surface area contributed by atoms with Gasteiger partial charge in [-0.25, -0.2) is 0 Å². The van der Waals surface area contributed by atoms with Crippen LogP contribution in [-0.2, 0) is 14.3 Å². The second-order valence-electron chi connectivity index (χ2n) is 4.18. The summed E-state index contributed by atoms with van der Waals surface area (Å²) in [4.78, 5) is 24.5. The number of halogens is 3. The van der Waals surface area contributed by atoms with Crippen molar-refractivity contribution in [3.63, 3.8) is 0 Å². The van der Waals surface area contributed by atoms with Crippen LogP contribution in [0.5, 0.6) is 0 Å². The zero-order valence-electron chi connectivity index (χ0n) is 11.4. The molecule has 0 aliphatic rings. The molecule has 0 aromatic carbocycles. The average Bonchev–Trinajstić information content (AvgIpc) is 2.82. The van der Waals surface area contributed by atoms with Crippen LogP contribution < -0.4 is 10.6 Å². The third-order valence-electron chi connectivity index (χ3n) is 2.47. The highest BCUT2D eigenvalue weighted by molar-refractivity contribution is 7.12. The summed E-state index contributed by atoms with van der Waals surface area (Å²) >= 11 is 1.47. The number of alkyl halides is 3. The molecule has 0 radical (unpaired) electrons. The van der Waals surface area contributed by atoms with Crippen LogP contribution in [-0.4, -0.2) is 38.2 Å². The van der Waals surface area contributed by atoms with Crippen molar-refractivity contribution in [2.24, 2.45) is 0 Å². The normalized spacial score (nSPS) is 12.8. The molecular weight excluding hydrogens is 309 g/mol. The number of ether oxygens (including phenoxy) is 1. The van der Waals surface area contributed by atoms with E-state index in [2.05, 4.69) is 5.32 Å². The molecule has 1 unspecified atom stereocenters. The minimum absolute atomic E-state index is 0.00523. The molecule has 0 fully saturated rings. The highest BCUT2D eigenvalue weighted by Gasteiger charge is 2.29. The molecule has 1 rings (SSSR count). The molecule has 9 heteroatoms. The van der Waals surface area contributed by atoms with E-state index in [0.29, 0.717) is 0 Å². The monoisotopic (exact) mass is 324 g/mol. The molecule has 0 bridgehead atoms. The molecule has 1 heterocycles. The molecule has 21 heavy (non-hydrogen) atoms. The van der Waals surface area contributed by atoms with Crippen molar-refractivity contribution in [1.29, 1.82) is 0 Å². The minimum atomic E-state index is -4.56.